The fourth-order valence-corrected chi connectivity index (χ4v) is 5.71. The molecular formula is C20H29F3N4O4S. The number of hydrogen-bond donors (Lipinski definition) is 1. The molecule has 0 aromatic heterocycles. The third-order valence-electron chi connectivity index (χ3n) is 5.72. The van der Waals surface area contributed by atoms with Crippen molar-refractivity contribution in [1.29, 1.82) is 0 Å². The predicted octanol–water partition coefficient (Wildman–Crippen LogP) is 2.00. The number of morpholine rings is 1. The van der Waals surface area contributed by atoms with Gasteiger partial charge in [-0.3, -0.25) is 9.69 Å². The van der Waals surface area contributed by atoms with Gasteiger partial charge in [-0.25, -0.2) is 0 Å². The summed E-state index contributed by atoms with van der Waals surface area (Å²) in [5, 5.41) is 2.62. The minimum absolute atomic E-state index is 0.177. The lowest BCUT2D eigenvalue weighted by atomic mass is 10.2. The van der Waals surface area contributed by atoms with Crippen molar-refractivity contribution in [3.8, 4) is 0 Å². The molecule has 2 heterocycles. The largest absolute Gasteiger partial charge is 0.416 e. The standard InChI is InChI=1S/C20H29F3N4O4S/c1-14-12-27(13-15(2)31-14)32(29,30)26-10-8-25(9-11-26)16(3)19(28)24-18-6-4-17(5-7-18)20(21,22)23/h4-7,14-16H,8-13H2,1-3H3,(H,24,28)/t14-,15+,16-/m0/s1. The second-order valence-electron chi connectivity index (χ2n) is 8.26. The summed E-state index contributed by atoms with van der Waals surface area (Å²) in [7, 11) is -3.62. The molecule has 0 spiro atoms. The number of amides is 1. The Bertz CT molecular complexity index is 892. The molecule has 8 nitrogen and oxygen atoms in total. The molecule has 2 fully saturated rings. The van der Waals surface area contributed by atoms with Crippen molar-refractivity contribution in [2.45, 2.75) is 45.2 Å². The zero-order valence-electron chi connectivity index (χ0n) is 18.3. The van der Waals surface area contributed by atoms with Crippen LogP contribution >= 0.6 is 0 Å². The van der Waals surface area contributed by atoms with Crippen LogP contribution in [0.1, 0.15) is 26.3 Å². The molecule has 0 bridgehead atoms. The highest BCUT2D eigenvalue weighted by atomic mass is 32.2. The first-order chi connectivity index (χ1) is 14.9. The number of piperazine rings is 1. The normalized spacial score (nSPS) is 25.4. The molecule has 2 saturated heterocycles. The van der Waals surface area contributed by atoms with Gasteiger partial charge in [-0.2, -0.15) is 30.2 Å². The van der Waals surface area contributed by atoms with Gasteiger partial charge < -0.3 is 10.1 Å². The average Bonchev–Trinajstić information content (AvgIpc) is 2.72. The van der Waals surface area contributed by atoms with Crippen LogP contribution in [0, 0.1) is 0 Å². The van der Waals surface area contributed by atoms with Crippen LogP contribution in [0.5, 0.6) is 0 Å². The number of ether oxygens (including phenoxy) is 1. The summed E-state index contributed by atoms with van der Waals surface area (Å²) in [5.74, 6) is -0.364. The van der Waals surface area contributed by atoms with E-state index < -0.39 is 28.0 Å². The Morgan fingerprint density at radius 1 is 1.03 bits per heavy atom. The number of hydrogen-bond acceptors (Lipinski definition) is 5. The molecule has 1 N–H and O–H groups in total. The van der Waals surface area contributed by atoms with Crippen LogP contribution in [-0.2, 0) is 25.9 Å². The number of alkyl halides is 3. The third-order valence-corrected chi connectivity index (χ3v) is 7.69. The average molecular weight is 479 g/mol. The van der Waals surface area contributed by atoms with E-state index in [9.17, 15) is 26.4 Å². The van der Waals surface area contributed by atoms with Crippen molar-refractivity contribution in [2.75, 3.05) is 44.6 Å². The van der Waals surface area contributed by atoms with Crippen LogP contribution in [-0.4, -0.2) is 85.4 Å². The van der Waals surface area contributed by atoms with Gasteiger partial charge in [0.2, 0.25) is 5.91 Å². The highest BCUT2D eigenvalue weighted by Crippen LogP contribution is 2.30. The van der Waals surface area contributed by atoms with E-state index in [-0.39, 0.29) is 36.9 Å². The van der Waals surface area contributed by atoms with E-state index >= 15 is 0 Å². The van der Waals surface area contributed by atoms with Crippen LogP contribution in [0.15, 0.2) is 24.3 Å². The highest BCUT2D eigenvalue weighted by Gasteiger charge is 2.38. The number of halogens is 3. The maximum Gasteiger partial charge on any atom is 0.416 e. The number of benzene rings is 1. The molecule has 3 atom stereocenters. The minimum atomic E-state index is -4.44. The Kier molecular flexibility index (Phi) is 7.50. The summed E-state index contributed by atoms with van der Waals surface area (Å²) in [6.07, 6.45) is -4.79. The van der Waals surface area contributed by atoms with Crippen LogP contribution in [0.4, 0.5) is 18.9 Å². The van der Waals surface area contributed by atoms with E-state index in [0.29, 0.717) is 26.2 Å². The predicted molar refractivity (Wildman–Crippen MR) is 113 cm³/mol. The van der Waals surface area contributed by atoms with E-state index in [4.69, 9.17) is 4.74 Å². The highest BCUT2D eigenvalue weighted by molar-refractivity contribution is 7.86. The number of carbonyl (C=O) groups excluding carboxylic acids is 1. The molecule has 32 heavy (non-hydrogen) atoms. The summed E-state index contributed by atoms with van der Waals surface area (Å²) in [4.78, 5) is 14.4. The van der Waals surface area contributed by atoms with Crippen molar-refractivity contribution in [2.24, 2.45) is 0 Å². The van der Waals surface area contributed by atoms with E-state index in [1.807, 2.05) is 18.7 Å². The Labute approximate surface area is 186 Å². The molecule has 1 amide bonds. The first-order valence-corrected chi connectivity index (χ1v) is 11.9. The molecule has 180 valence electrons. The SMILES string of the molecule is C[C@@H]1CN(S(=O)(=O)N2CCN([C@@H](C)C(=O)Nc3ccc(C(F)(F)F)cc3)CC2)C[C@H](C)O1. The van der Waals surface area contributed by atoms with Gasteiger partial charge in [0.05, 0.1) is 23.8 Å². The summed E-state index contributed by atoms with van der Waals surface area (Å²) in [5.41, 5.74) is -0.517. The molecule has 0 unspecified atom stereocenters. The quantitative estimate of drug-likeness (QED) is 0.700. The summed E-state index contributed by atoms with van der Waals surface area (Å²) in [6, 6.07) is 3.68. The van der Waals surface area contributed by atoms with Gasteiger partial charge in [0.15, 0.2) is 0 Å². The van der Waals surface area contributed by atoms with E-state index in [0.717, 1.165) is 12.1 Å². The van der Waals surface area contributed by atoms with Crippen molar-refractivity contribution >= 4 is 21.8 Å². The van der Waals surface area contributed by atoms with Crippen LogP contribution in [0.3, 0.4) is 0 Å². The second kappa shape index (κ2) is 9.64. The Morgan fingerprint density at radius 2 is 1.56 bits per heavy atom. The Hall–Kier alpha value is -1.73. The lowest BCUT2D eigenvalue weighted by Crippen LogP contribution is -2.58. The summed E-state index contributed by atoms with van der Waals surface area (Å²) < 4.78 is 72.5. The lowest BCUT2D eigenvalue weighted by Gasteiger charge is -2.41. The van der Waals surface area contributed by atoms with E-state index in [2.05, 4.69) is 5.32 Å². The van der Waals surface area contributed by atoms with Gasteiger partial charge >= 0.3 is 6.18 Å². The van der Waals surface area contributed by atoms with Crippen molar-refractivity contribution < 1.29 is 31.1 Å². The molecule has 3 rings (SSSR count). The number of nitrogens with one attached hydrogen (secondary N) is 1. The van der Waals surface area contributed by atoms with Crippen LogP contribution in [0.25, 0.3) is 0 Å². The fraction of sp³-hybridized carbons (Fsp3) is 0.650. The number of rotatable bonds is 5. The lowest BCUT2D eigenvalue weighted by molar-refractivity contribution is -0.137. The fourth-order valence-electron chi connectivity index (χ4n) is 3.96. The molecular weight excluding hydrogens is 449 g/mol. The molecule has 1 aromatic rings. The topological polar surface area (TPSA) is 82.2 Å². The summed E-state index contributed by atoms with van der Waals surface area (Å²) in [6.45, 7) is 7.22. The van der Waals surface area contributed by atoms with Crippen LogP contribution in [0.2, 0.25) is 0 Å². The van der Waals surface area contributed by atoms with Crippen molar-refractivity contribution in [3.05, 3.63) is 29.8 Å². The molecule has 12 heteroatoms. The zero-order valence-corrected chi connectivity index (χ0v) is 19.1. The first kappa shape index (κ1) is 24.9. The maximum absolute atomic E-state index is 13.0. The van der Waals surface area contributed by atoms with Crippen molar-refractivity contribution in [3.63, 3.8) is 0 Å². The first-order valence-electron chi connectivity index (χ1n) is 10.5. The van der Waals surface area contributed by atoms with Gasteiger partial charge in [-0.1, -0.05) is 0 Å². The zero-order chi connectivity index (χ0) is 23.7. The smallest absolute Gasteiger partial charge is 0.373 e. The Balaban J connectivity index is 1.54. The van der Waals surface area contributed by atoms with Gasteiger partial charge in [0, 0.05) is 45.0 Å². The second-order valence-corrected chi connectivity index (χ2v) is 10.2. The van der Waals surface area contributed by atoms with Gasteiger partial charge in [0.1, 0.15) is 0 Å². The third kappa shape index (κ3) is 5.79. The molecule has 2 aliphatic rings. The molecule has 0 saturated carbocycles. The molecule has 2 aliphatic heterocycles. The number of anilines is 1. The monoisotopic (exact) mass is 478 g/mol. The van der Waals surface area contributed by atoms with Crippen LogP contribution < -0.4 is 5.32 Å². The van der Waals surface area contributed by atoms with Gasteiger partial charge in [0.25, 0.3) is 10.2 Å². The minimum Gasteiger partial charge on any atom is -0.373 e. The van der Waals surface area contributed by atoms with E-state index in [1.165, 1.54) is 20.7 Å². The molecule has 0 radical (unpaired) electrons. The number of nitrogens with zero attached hydrogens (tertiary/aromatic N) is 3. The van der Waals surface area contributed by atoms with Gasteiger partial charge in [-0.15, -0.1) is 0 Å². The summed E-state index contributed by atoms with van der Waals surface area (Å²) >= 11 is 0. The molecule has 0 aliphatic carbocycles. The van der Waals surface area contributed by atoms with Crippen molar-refractivity contribution in [1.82, 2.24) is 13.5 Å². The van der Waals surface area contributed by atoms with Gasteiger partial charge in [-0.05, 0) is 45.0 Å². The van der Waals surface area contributed by atoms with E-state index in [1.54, 1.807) is 6.92 Å². The maximum atomic E-state index is 13.0. The number of carbonyl (C=O) groups is 1. The molecule has 1 aromatic carbocycles. The Morgan fingerprint density at radius 3 is 2.06 bits per heavy atom.